The van der Waals surface area contributed by atoms with Crippen LogP contribution < -0.4 is 0 Å². The number of hydrogen-bond donors (Lipinski definition) is 2. The molecule has 0 amide bonds. The number of ether oxygens (including phenoxy) is 1. The van der Waals surface area contributed by atoms with E-state index in [1.807, 2.05) is 0 Å². The third kappa shape index (κ3) is 2.10. The molecule has 0 aliphatic carbocycles. The maximum absolute atomic E-state index is 10.3. The maximum Gasteiger partial charge on any atom is 0.165 e. The summed E-state index contributed by atoms with van der Waals surface area (Å²) in [6, 6.07) is -0.870. The van der Waals surface area contributed by atoms with Gasteiger partial charge in [0.25, 0.3) is 0 Å². The van der Waals surface area contributed by atoms with Crippen LogP contribution in [0.4, 0.5) is 0 Å². The van der Waals surface area contributed by atoms with Gasteiger partial charge in [0.1, 0.15) is 17.9 Å². The highest BCUT2D eigenvalue weighted by Crippen LogP contribution is 2.33. The van der Waals surface area contributed by atoms with Gasteiger partial charge in [0.15, 0.2) is 11.9 Å². The van der Waals surface area contributed by atoms with Crippen molar-refractivity contribution in [3.05, 3.63) is 28.8 Å². The van der Waals surface area contributed by atoms with Crippen molar-refractivity contribution < 1.29 is 14.9 Å². The Morgan fingerprint density at radius 1 is 1.48 bits per heavy atom. The number of hydrogen-bond acceptors (Lipinski definition) is 7. The number of aliphatic hydroxyl groups is 2. The van der Waals surface area contributed by atoms with Gasteiger partial charge in [-0.1, -0.05) is 5.11 Å². The van der Waals surface area contributed by atoms with Crippen molar-refractivity contribution in [2.75, 3.05) is 6.61 Å². The summed E-state index contributed by atoms with van der Waals surface area (Å²) in [5.41, 5.74) is 10.4. The number of imidazole rings is 1. The van der Waals surface area contributed by atoms with Gasteiger partial charge in [0.2, 0.25) is 0 Å². The highest BCUT2D eigenvalue weighted by atomic mass is 16.5. The van der Waals surface area contributed by atoms with Gasteiger partial charge in [-0.25, -0.2) is 15.0 Å². The summed E-state index contributed by atoms with van der Waals surface area (Å²) in [5, 5.41) is 23.1. The Morgan fingerprint density at radius 3 is 3.00 bits per heavy atom. The van der Waals surface area contributed by atoms with Crippen LogP contribution in [-0.4, -0.2) is 54.6 Å². The third-order valence-corrected chi connectivity index (χ3v) is 3.52. The second kappa shape index (κ2) is 5.26. The summed E-state index contributed by atoms with van der Waals surface area (Å²) < 4.78 is 7.12. The van der Waals surface area contributed by atoms with Crippen molar-refractivity contribution in [1.29, 1.82) is 0 Å². The molecule has 0 radical (unpaired) electrons. The fourth-order valence-electron chi connectivity index (χ4n) is 2.47. The van der Waals surface area contributed by atoms with Crippen molar-refractivity contribution in [3.63, 3.8) is 0 Å². The molecule has 4 atom stereocenters. The lowest BCUT2D eigenvalue weighted by molar-refractivity contribution is -0.0488. The minimum atomic E-state index is -1.11. The van der Waals surface area contributed by atoms with E-state index in [1.54, 1.807) is 11.5 Å². The molecule has 2 N–H and O–H groups in total. The van der Waals surface area contributed by atoms with Gasteiger partial charge in [0, 0.05) is 4.91 Å². The maximum atomic E-state index is 10.3. The Morgan fingerprint density at radius 2 is 2.29 bits per heavy atom. The number of rotatable bonds is 3. The van der Waals surface area contributed by atoms with Gasteiger partial charge in [-0.3, -0.25) is 4.57 Å². The van der Waals surface area contributed by atoms with Crippen molar-refractivity contribution in [2.24, 2.45) is 5.11 Å². The van der Waals surface area contributed by atoms with Crippen molar-refractivity contribution >= 4 is 11.2 Å². The van der Waals surface area contributed by atoms with Crippen LogP contribution in [-0.2, 0) is 4.74 Å². The smallest absolute Gasteiger partial charge is 0.165 e. The standard InChI is InChI=1S/C11H13N7O3/c1-5-7-10(14-3-13-5)18(4-15-7)11-9(20)8(16-17-12)6(2-19)21-11/h3-4,6,8-9,11,19-20H,2H2,1H3/t6-,8-,9-,11-/m1/s1. The van der Waals surface area contributed by atoms with Crippen molar-refractivity contribution in [3.8, 4) is 0 Å². The quantitative estimate of drug-likeness (QED) is 0.465. The normalized spacial score (nSPS) is 28.7. The predicted octanol–water partition coefficient (Wildman–Crippen LogP) is 0.0642. The summed E-state index contributed by atoms with van der Waals surface area (Å²) in [6.45, 7) is 1.44. The highest BCUT2D eigenvalue weighted by Gasteiger charge is 2.44. The van der Waals surface area contributed by atoms with Crippen LogP contribution in [0.25, 0.3) is 21.6 Å². The van der Waals surface area contributed by atoms with E-state index in [-0.39, 0.29) is 6.61 Å². The van der Waals surface area contributed by atoms with E-state index in [2.05, 4.69) is 25.0 Å². The van der Waals surface area contributed by atoms with Gasteiger partial charge in [-0.05, 0) is 12.5 Å². The molecule has 3 rings (SSSR count). The molecule has 2 aromatic heterocycles. The molecule has 0 unspecified atom stereocenters. The second-order valence-corrected chi connectivity index (χ2v) is 4.72. The van der Waals surface area contributed by atoms with Crippen LogP contribution in [0.5, 0.6) is 0 Å². The summed E-state index contributed by atoms with van der Waals surface area (Å²) in [6.07, 6.45) is 0.155. The molecule has 0 aromatic carbocycles. The summed E-state index contributed by atoms with van der Waals surface area (Å²) in [4.78, 5) is 15.1. The first-order valence-corrected chi connectivity index (χ1v) is 6.30. The molecule has 1 aliphatic rings. The molecule has 2 aromatic rings. The minimum absolute atomic E-state index is 0.363. The first-order chi connectivity index (χ1) is 10.2. The van der Waals surface area contributed by atoms with Crippen molar-refractivity contribution in [2.45, 2.75) is 31.4 Å². The number of nitrogens with zero attached hydrogens (tertiary/aromatic N) is 7. The molecule has 1 saturated heterocycles. The Kier molecular flexibility index (Phi) is 3.43. The van der Waals surface area contributed by atoms with E-state index >= 15 is 0 Å². The van der Waals surface area contributed by atoms with Gasteiger partial charge >= 0.3 is 0 Å². The Labute approximate surface area is 118 Å². The molecule has 1 aliphatic heterocycles. The number of aliphatic hydroxyl groups excluding tert-OH is 2. The minimum Gasteiger partial charge on any atom is -0.394 e. The zero-order chi connectivity index (χ0) is 15.0. The largest absolute Gasteiger partial charge is 0.394 e. The SMILES string of the molecule is Cc1ncnc2c1ncn2[C@@H]1O[C@H](CO)[C@@H](N=[N+]=[N-])[C@H]1O. The zero-order valence-corrected chi connectivity index (χ0v) is 11.1. The van der Waals surface area contributed by atoms with Crippen LogP contribution in [0.15, 0.2) is 17.8 Å². The van der Waals surface area contributed by atoms with E-state index in [1.165, 1.54) is 12.7 Å². The van der Waals surface area contributed by atoms with Crippen molar-refractivity contribution in [1.82, 2.24) is 19.5 Å². The lowest BCUT2D eigenvalue weighted by Crippen LogP contribution is -2.31. The Hall–Kier alpha value is -2.26. The van der Waals surface area contributed by atoms with E-state index < -0.39 is 24.5 Å². The molecule has 1 fully saturated rings. The van der Waals surface area contributed by atoms with Crippen LogP contribution in [0.1, 0.15) is 11.9 Å². The van der Waals surface area contributed by atoms with Crippen LogP contribution in [0, 0.1) is 6.92 Å². The Bertz CT molecular complexity index is 711. The topological polar surface area (TPSA) is 142 Å². The zero-order valence-electron chi connectivity index (χ0n) is 11.1. The number of fused-ring (bicyclic) bond motifs is 1. The number of azide groups is 1. The molecule has 110 valence electrons. The fraction of sp³-hybridized carbons (Fsp3) is 0.545. The van der Waals surface area contributed by atoms with Gasteiger partial charge < -0.3 is 14.9 Å². The monoisotopic (exact) mass is 291 g/mol. The van der Waals surface area contributed by atoms with E-state index in [4.69, 9.17) is 10.3 Å². The molecule has 0 spiro atoms. The first-order valence-electron chi connectivity index (χ1n) is 6.30. The lowest BCUT2D eigenvalue weighted by atomic mass is 10.1. The molecule has 0 bridgehead atoms. The molecule has 21 heavy (non-hydrogen) atoms. The van der Waals surface area contributed by atoms with Crippen LogP contribution in [0.3, 0.4) is 0 Å². The molecule has 10 heteroatoms. The average molecular weight is 291 g/mol. The van der Waals surface area contributed by atoms with E-state index in [9.17, 15) is 10.2 Å². The average Bonchev–Trinajstić information content (AvgIpc) is 3.03. The van der Waals surface area contributed by atoms with Crippen LogP contribution >= 0.6 is 0 Å². The molecular weight excluding hydrogens is 278 g/mol. The van der Waals surface area contributed by atoms with Gasteiger partial charge in [-0.2, -0.15) is 0 Å². The second-order valence-electron chi connectivity index (χ2n) is 4.72. The Balaban J connectivity index is 2.03. The molecule has 10 nitrogen and oxygen atoms in total. The molecule has 0 saturated carbocycles. The summed E-state index contributed by atoms with van der Waals surface area (Å²) in [7, 11) is 0. The van der Waals surface area contributed by atoms with Gasteiger partial charge in [0.05, 0.1) is 30.8 Å². The highest BCUT2D eigenvalue weighted by molar-refractivity contribution is 5.72. The number of aryl methyl sites for hydroxylation is 1. The summed E-state index contributed by atoms with van der Waals surface area (Å²) in [5.74, 6) is 0. The summed E-state index contributed by atoms with van der Waals surface area (Å²) >= 11 is 0. The first kappa shape index (κ1) is 13.7. The predicted molar refractivity (Wildman–Crippen MR) is 70.0 cm³/mol. The molecule has 3 heterocycles. The van der Waals surface area contributed by atoms with Gasteiger partial charge in [-0.15, -0.1) is 0 Å². The number of aromatic nitrogens is 4. The van der Waals surface area contributed by atoms with E-state index in [0.717, 1.165) is 0 Å². The molecular formula is C11H13N7O3. The fourth-order valence-corrected chi connectivity index (χ4v) is 2.47. The lowest BCUT2D eigenvalue weighted by Gasteiger charge is -2.16. The third-order valence-electron chi connectivity index (χ3n) is 3.52. The van der Waals surface area contributed by atoms with Crippen LogP contribution in [0.2, 0.25) is 0 Å². The van der Waals surface area contributed by atoms with E-state index in [0.29, 0.717) is 16.9 Å².